The molecule has 126 valence electrons. The van der Waals surface area contributed by atoms with Crippen LogP contribution in [-0.4, -0.2) is 57.5 Å². The summed E-state index contributed by atoms with van der Waals surface area (Å²) in [6.45, 7) is 3.05. The quantitative estimate of drug-likeness (QED) is 0.919. The number of carboxylic acid groups (broad SMARTS) is 1. The number of carbonyl (C=O) groups excluding carboxylic acids is 1. The van der Waals surface area contributed by atoms with Crippen LogP contribution in [0.1, 0.15) is 22.3 Å². The van der Waals surface area contributed by atoms with Gasteiger partial charge in [-0.1, -0.05) is 18.2 Å². The molecule has 1 atom stereocenters. The first-order valence-corrected chi connectivity index (χ1v) is 7.78. The van der Waals surface area contributed by atoms with Crippen LogP contribution in [0.5, 0.6) is 0 Å². The third-order valence-electron chi connectivity index (χ3n) is 4.02. The Morgan fingerprint density at radius 3 is 2.92 bits per heavy atom. The summed E-state index contributed by atoms with van der Waals surface area (Å²) in [7, 11) is 0. The summed E-state index contributed by atoms with van der Waals surface area (Å²) in [5.74, 6) is -1.09. The molecule has 0 spiro atoms. The largest absolute Gasteiger partial charge is 0.481 e. The van der Waals surface area contributed by atoms with Crippen LogP contribution < -0.4 is 0 Å². The molecule has 3 rings (SSSR count). The normalized spacial score (nSPS) is 17.7. The van der Waals surface area contributed by atoms with Crippen LogP contribution in [0.2, 0.25) is 0 Å². The average Bonchev–Trinajstić information content (AvgIpc) is 3.04. The Balaban J connectivity index is 1.74. The molecule has 1 aromatic carbocycles. The molecule has 7 nitrogen and oxygen atoms in total. The van der Waals surface area contributed by atoms with Gasteiger partial charge in [-0.25, -0.2) is 4.68 Å². The van der Waals surface area contributed by atoms with E-state index in [-0.39, 0.29) is 18.9 Å². The van der Waals surface area contributed by atoms with Crippen LogP contribution in [0.25, 0.3) is 5.69 Å². The van der Waals surface area contributed by atoms with Gasteiger partial charge in [0.2, 0.25) is 0 Å². The second-order valence-electron chi connectivity index (χ2n) is 5.80. The van der Waals surface area contributed by atoms with Crippen LogP contribution in [0.3, 0.4) is 0 Å². The molecule has 0 aliphatic carbocycles. The summed E-state index contributed by atoms with van der Waals surface area (Å²) in [6, 6.07) is 7.79. The Morgan fingerprint density at radius 1 is 1.38 bits per heavy atom. The molecule has 2 heterocycles. The standard InChI is InChI=1S/C17H19N3O4/c1-12-4-2-3-5-15(12)20-10-13(9-18-20)17(23)19-6-7-24-14(11-19)8-16(21)22/h2-5,9-10,14H,6-8,11H2,1H3,(H,21,22)/t14-/m1/s1. The zero-order valence-corrected chi connectivity index (χ0v) is 13.4. The molecular weight excluding hydrogens is 310 g/mol. The molecule has 1 N–H and O–H groups in total. The Bertz CT molecular complexity index is 756. The number of morpholine rings is 1. The minimum atomic E-state index is -0.929. The maximum Gasteiger partial charge on any atom is 0.306 e. The number of aliphatic carboxylic acids is 1. The van der Waals surface area contributed by atoms with Crippen molar-refractivity contribution in [3.63, 3.8) is 0 Å². The van der Waals surface area contributed by atoms with Crippen molar-refractivity contribution < 1.29 is 19.4 Å². The average molecular weight is 329 g/mol. The molecular formula is C17H19N3O4. The van der Waals surface area contributed by atoms with Gasteiger partial charge >= 0.3 is 5.97 Å². The Morgan fingerprint density at radius 2 is 2.17 bits per heavy atom. The first-order valence-electron chi connectivity index (χ1n) is 7.78. The highest BCUT2D eigenvalue weighted by Gasteiger charge is 2.27. The van der Waals surface area contributed by atoms with Crippen LogP contribution in [0.15, 0.2) is 36.7 Å². The highest BCUT2D eigenvalue weighted by Crippen LogP contribution is 2.16. The second kappa shape index (κ2) is 6.84. The number of aryl methyl sites for hydroxylation is 1. The Kier molecular flexibility index (Phi) is 4.61. The minimum Gasteiger partial charge on any atom is -0.481 e. The summed E-state index contributed by atoms with van der Waals surface area (Å²) < 4.78 is 7.08. The van der Waals surface area contributed by atoms with E-state index in [4.69, 9.17) is 9.84 Å². The van der Waals surface area contributed by atoms with Gasteiger partial charge in [0.05, 0.1) is 36.6 Å². The van der Waals surface area contributed by atoms with E-state index in [2.05, 4.69) is 5.10 Å². The van der Waals surface area contributed by atoms with Gasteiger partial charge in [-0.05, 0) is 18.6 Å². The molecule has 0 saturated carbocycles. The molecule has 7 heteroatoms. The fourth-order valence-corrected chi connectivity index (χ4v) is 2.79. The van der Waals surface area contributed by atoms with Crippen molar-refractivity contribution in [2.24, 2.45) is 0 Å². The van der Waals surface area contributed by atoms with Gasteiger partial charge in [0.1, 0.15) is 0 Å². The van der Waals surface area contributed by atoms with E-state index in [9.17, 15) is 9.59 Å². The van der Waals surface area contributed by atoms with Crippen molar-refractivity contribution in [2.75, 3.05) is 19.7 Å². The van der Waals surface area contributed by atoms with Crippen LogP contribution >= 0.6 is 0 Å². The SMILES string of the molecule is Cc1ccccc1-n1cc(C(=O)N2CCO[C@H](CC(=O)O)C2)cn1. The zero-order valence-electron chi connectivity index (χ0n) is 13.4. The van der Waals surface area contributed by atoms with Gasteiger partial charge in [-0.15, -0.1) is 0 Å². The molecule has 0 radical (unpaired) electrons. The fourth-order valence-electron chi connectivity index (χ4n) is 2.79. The lowest BCUT2D eigenvalue weighted by Crippen LogP contribution is -2.46. The predicted octanol–water partition coefficient (Wildman–Crippen LogP) is 1.50. The van der Waals surface area contributed by atoms with Gasteiger partial charge in [-0.2, -0.15) is 5.10 Å². The summed E-state index contributed by atoms with van der Waals surface area (Å²) in [4.78, 5) is 25.1. The van der Waals surface area contributed by atoms with E-state index >= 15 is 0 Å². The number of carboxylic acids is 1. The smallest absolute Gasteiger partial charge is 0.306 e. The predicted molar refractivity (Wildman–Crippen MR) is 86.2 cm³/mol. The van der Waals surface area contributed by atoms with Gasteiger partial charge in [0.15, 0.2) is 0 Å². The third kappa shape index (κ3) is 3.46. The highest BCUT2D eigenvalue weighted by molar-refractivity contribution is 5.94. The molecule has 1 aromatic heterocycles. The van der Waals surface area contributed by atoms with Gasteiger partial charge in [0.25, 0.3) is 5.91 Å². The van der Waals surface area contributed by atoms with Crippen molar-refractivity contribution in [2.45, 2.75) is 19.4 Å². The van der Waals surface area contributed by atoms with Crippen molar-refractivity contribution >= 4 is 11.9 Å². The van der Waals surface area contributed by atoms with Crippen LogP contribution in [0, 0.1) is 6.92 Å². The third-order valence-corrected chi connectivity index (χ3v) is 4.02. The maximum absolute atomic E-state index is 12.6. The number of hydrogen-bond donors (Lipinski definition) is 1. The van der Waals surface area contributed by atoms with E-state index in [1.165, 1.54) is 6.20 Å². The lowest BCUT2D eigenvalue weighted by molar-refractivity contribution is -0.141. The summed E-state index contributed by atoms with van der Waals surface area (Å²) in [6.07, 6.45) is 2.67. The van der Waals surface area contributed by atoms with Crippen LogP contribution in [-0.2, 0) is 9.53 Å². The van der Waals surface area contributed by atoms with E-state index < -0.39 is 12.1 Å². The Labute approximate surface area is 139 Å². The number of aromatic nitrogens is 2. The first-order chi connectivity index (χ1) is 11.5. The van der Waals surface area contributed by atoms with Crippen molar-refractivity contribution in [1.29, 1.82) is 0 Å². The van der Waals surface area contributed by atoms with E-state index in [0.29, 0.717) is 18.7 Å². The summed E-state index contributed by atoms with van der Waals surface area (Å²) in [5.41, 5.74) is 2.46. The second-order valence-corrected chi connectivity index (χ2v) is 5.80. The van der Waals surface area contributed by atoms with Crippen LogP contribution in [0.4, 0.5) is 0 Å². The maximum atomic E-state index is 12.6. The number of rotatable bonds is 4. The summed E-state index contributed by atoms with van der Waals surface area (Å²) in [5, 5.41) is 13.1. The van der Waals surface area contributed by atoms with E-state index in [0.717, 1.165) is 11.3 Å². The van der Waals surface area contributed by atoms with Gasteiger partial charge < -0.3 is 14.7 Å². The molecule has 1 aliphatic rings. The van der Waals surface area contributed by atoms with Gasteiger partial charge in [0, 0.05) is 19.3 Å². The highest BCUT2D eigenvalue weighted by atomic mass is 16.5. The number of hydrogen-bond acceptors (Lipinski definition) is 4. The Hall–Kier alpha value is -2.67. The molecule has 0 bridgehead atoms. The molecule has 0 unspecified atom stereocenters. The number of nitrogens with zero attached hydrogens (tertiary/aromatic N) is 3. The molecule has 2 aromatic rings. The van der Waals surface area contributed by atoms with Crippen molar-refractivity contribution in [1.82, 2.24) is 14.7 Å². The number of benzene rings is 1. The molecule has 1 amide bonds. The number of amides is 1. The topological polar surface area (TPSA) is 84.7 Å². The fraction of sp³-hybridized carbons (Fsp3) is 0.353. The number of para-hydroxylation sites is 1. The lowest BCUT2D eigenvalue weighted by Gasteiger charge is -2.32. The van der Waals surface area contributed by atoms with Gasteiger partial charge in [-0.3, -0.25) is 9.59 Å². The van der Waals surface area contributed by atoms with E-state index in [1.54, 1.807) is 15.8 Å². The molecule has 24 heavy (non-hydrogen) atoms. The summed E-state index contributed by atoms with van der Waals surface area (Å²) >= 11 is 0. The lowest BCUT2D eigenvalue weighted by atomic mass is 10.2. The van der Waals surface area contributed by atoms with E-state index in [1.807, 2.05) is 31.2 Å². The van der Waals surface area contributed by atoms with Crippen molar-refractivity contribution in [3.8, 4) is 5.69 Å². The monoisotopic (exact) mass is 329 g/mol. The molecule has 1 aliphatic heterocycles. The molecule has 1 saturated heterocycles. The van der Waals surface area contributed by atoms with Crippen molar-refractivity contribution in [3.05, 3.63) is 47.8 Å². The molecule has 1 fully saturated rings. The minimum absolute atomic E-state index is 0.105. The number of carbonyl (C=O) groups is 2. The first kappa shape index (κ1) is 16.2. The zero-order chi connectivity index (χ0) is 17.1. The number of ether oxygens (including phenoxy) is 1.